The minimum absolute atomic E-state index is 0.0350. The van der Waals surface area contributed by atoms with E-state index >= 15 is 0 Å². The second kappa shape index (κ2) is 10.2. The predicted molar refractivity (Wildman–Crippen MR) is 166 cm³/mol. The van der Waals surface area contributed by atoms with Crippen molar-refractivity contribution < 1.29 is 14.9 Å². The summed E-state index contributed by atoms with van der Waals surface area (Å²) < 4.78 is 5.88. The van der Waals surface area contributed by atoms with E-state index in [0.717, 1.165) is 39.8 Å². The van der Waals surface area contributed by atoms with E-state index in [-0.39, 0.29) is 12.0 Å². The van der Waals surface area contributed by atoms with Crippen LogP contribution in [0.3, 0.4) is 0 Å². The third kappa shape index (κ3) is 4.06. The molecule has 4 aromatic rings. The molecule has 0 heterocycles. The first-order valence-electron chi connectivity index (χ1n) is 14.7. The molecule has 1 spiro atoms. The van der Waals surface area contributed by atoms with Crippen molar-refractivity contribution in [3.63, 3.8) is 0 Å². The van der Waals surface area contributed by atoms with Gasteiger partial charge in [0.25, 0.3) is 0 Å². The van der Waals surface area contributed by atoms with Crippen molar-refractivity contribution in [2.75, 3.05) is 7.11 Å². The molecule has 0 unspecified atom stereocenters. The van der Waals surface area contributed by atoms with Crippen LogP contribution >= 0.6 is 11.8 Å². The van der Waals surface area contributed by atoms with Crippen molar-refractivity contribution in [3.05, 3.63) is 82.4 Å². The summed E-state index contributed by atoms with van der Waals surface area (Å²) in [5, 5.41) is 23.5. The molecule has 40 heavy (non-hydrogen) atoms. The maximum atomic E-state index is 11.5. The molecule has 4 aromatic carbocycles. The fraction of sp³-hybridized carbons (Fsp3) is 0.389. The zero-order chi connectivity index (χ0) is 28.2. The third-order valence-corrected chi connectivity index (χ3v) is 11.6. The van der Waals surface area contributed by atoms with Crippen molar-refractivity contribution in [3.8, 4) is 22.6 Å². The Labute approximate surface area is 242 Å². The summed E-state index contributed by atoms with van der Waals surface area (Å²) in [6.07, 6.45) is 6.90. The van der Waals surface area contributed by atoms with E-state index in [1.807, 2.05) is 12.1 Å². The molecule has 2 N–H and O–H groups in total. The van der Waals surface area contributed by atoms with Crippen molar-refractivity contribution in [2.45, 2.75) is 88.0 Å². The number of phenols is 1. The van der Waals surface area contributed by atoms with E-state index in [9.17, 15) is 10.2 Å². The van der Waals surface area contributed by atoms with Gasteiger partial charge in [-0.15, -0.1) is 0 Å². The highest BCUT2D eigenvalue weighted by molar-refractivity contribution is 7.99. The number of benzene rings is 4. The van der Waals surface area contributed by atoms with E-state index in [0.29, 0.717) is 11.2 Å². The lowest BCUT2D eigenvalue weighted by molar-refractivity contribution is 0.133. The monoisotopic (exact) mass is 552 g/mol. The van der Waals surface area contributed by atoms with Crippen LogP contribution in [-0.4, -0.2) is 17.3 Å². The molecule has 3 nitrogen and oxygen atoms in total. The fourth-order valence-corrected chi connectivity index (χ4v) is 8.64. The molecule has 0 aliphatic heterocycles. The Morgan fingerprint density at radius 2 is 1.55 bits per heavy atom. The Bertz CT molecular complexity index is 1580. The maximum Gasteiger partial charge on any atom is 0.133 e. The van der Waals surface area contributed by atoms with Crippen LogP contribution < -0.4 is 4.74 Å². The lowest BCUT2D eigenvalue weighted by atomic mass is 9.58. The normalized spacial score (nSPS) is 16.8. The molecule has 6 rings (SSSR count). The van der Waals surface area contributed by atoms with Crippen molar-refractivity contribution in [2.24, 2.45) is 5.41 Å². The number of methoxy groups -OCH3 is 1. The first-order valence-corrected chi connectivity index (χ1v) is 15.5. The Morgan fingerprint density at radius 1 is 0.850 bits per heavy atom. The number of rotatable bonds is 6. The summed E-state index contributed by atoms with van der Waals surface area (Å²) in [4.78, 5) is 2.29. The number of ether oxygens (including phenoxy) is 1. The molecule has 0 radical (unpaired) electrons. The van der Waals surface area contributed by atoms with Crippen molar-refractivity contribution in [1.82, 2.24) is 0 Å². The number of aliphatic hydroxyl groups is 1. The molecule has 0 aromatic heterocycles. The van der Waals surface area contributed by atoms with Gasteiger partial charge in [0.2, 0.25) is 0 Å². The molecular formula is C36H40O3S. The van der Waals surface area contributed by atoms with Gasteiger partial charge in [0.1, 0.15) is 11.5 Å². The van der Waals surface area contributed by atoms with Crippen LogP contribution in [0.2, 0.25) is 0 Å². The molecule has 0 atom stereocenters. The molecule has 208 valence electrons. The smallest absolute Gasteiger partial charge is 0.133 e. The van der Waals surface area contributed by atoms with Crippen LogP contribution in [0.4, 0.5) is 0 Å². The van der Waals surface area contributed by atoms with Gasteiger partial charge >= 0.3 is 0 Å². The molecule has 2 aliphatic carbocycles. The summed E-state index contributed by atoms with van der Waals surface area (Å²) in [5.41, 5.74) is 8.73. The average Bonchev–Trinajstić information content (AvgIpc) is 3.23. The first kappa shape index (κ1) is 27.2. The quantitative estimate of drug-likeness (QED) is 0.250. The fourth-order valence-electron chi connectivity index (χ4n) is 7.54. The largest absolute Gasteiger partial charge is 0.507 e. The third-order valence-electron chi connectivity index (χ3n) is 10.3. The summed E-state index contributed by atoms with van der Waals surface area (Å²) >= 11 is 1.74. The summed E-state index contributed by atoms with van der Waals surface area (Å²) in [6.45, 7) is 9.02. The van der Waals surface area contributed by atoms with Gasteiger partial charge in [0.05, 0.1) is 18.6 Å². The van der Waals surface area contributed by atoms with Gasteiger partial charge in [-0.2, -0.15) is 0 Å². The van der Waals surface area contributed by atoms with Crippen LogP contribution in [0, 0.1) is 19.3 Å². The molecular weight excluding hydrogens is 512 g/mol. The molecule has 0 bridgehead atoms. The minimum Gasteiger partial charge on any atom is -0.507 e. The molecule has 2 aliphatic rings. The van der Waals surface area contributed by atoms with Crippen LogP contribution in [-0.2, 0) is 12.0 Å². The molecule has 1 fully saturated rings. The number of aryl methyl sites for hydroxylation is 2. The SMILES string of the molecule is CCC1(CC)CCC2(CC1)c1cc(CO)ccc1-c1c2cc(O)c2cc(OC)c(Sc3c(C)cccc3C)cc12. The Morgan fingerprint density at radius 3 is 2.17 bits per heavy atom. The lowest BCUT2D eigenvalue weighted by Gasteiger charge is -2.46. The number of hydrogen-bond acceptors (Lipinski definition) is 4. The zero-order valence-electron chi connectivity index (χ0n) is 24.4. The number of aromatic hydroxyl groups is 1. The molecule has 4 heteroatoms. The van der Waals surface area contributed by atoms with Crippen LogP contribution in [0.5, 0.6) is 11.5 Å². The maximum absolute atomic E-state index is 11.5. The Kier molecular flexibility index (Phi) is 6.91. The van der Waals surface area contributed by atoms with Gasteiger partial charge in [-0.1, -0.05) is 74.8 Å². The Hall–Kier alpha value is -2.95. The highest BCUT2D eigenvalue weighted by Gasteiger charge is 2.49. The first-order chi connectivity index (χ1) is 19.3. The molecule has 0 amide bonds. The molecule has 1 saturated carbocycles. The summed E-state index contributed by atoms with van der Waals surface area (Å²) in [7, 11) is 1.71. The zero-order valence-corrected chi connectivity index (χ0v) is 25.2. The number of hydrogen-bond donors (Lipinski definition) is 2. The van der Waals surface area contributed by atoms with Crippen molar-refractivity contribution >= 4 is 22.5 Å². The van der Waals surface area contributed by atoms with Gasteiger partial charge in [-0.3, -0.25) is 0 Å². The average molecular weight is 553 g/mol. The van der Waals surface area contributed by atoms with E-state index in [4.69, 9.17) is 4.74 Å². The van der Waals surface area contributed by atoms with Crippen LogP contribution in [0.15, 0.2) is 64.4 Å². The van der Waals surface area contributed by atoms with Gasteiger partial charge in [0.15, 0.2) is 0 Å². The highest BCUT2D eigenvalue weighted by atomic mass is 32.2. The van der Waals surface area contributed by atoms with Crippen LogP contribution in [0.25, 0.3) is 21.9 Å². The van der Waals surface area contributed by atoms with Crippen LogP contribution in [0.1, 0.15) is 80.2 Å². The second-order valence-electron chi connectivity index (χ2n) is 12.0. The summed E-state index contributed by atoms with van der Waals surface area (Å²) in [6, 6.07) is 19.2. The minimum atomic E-state index is -0.144. The van der Waals surface area contributed by atoms with Crippen molar-refractivity contribution in [1.29, 1.82) is 0 Å². The van der Waals surface area contributed by atoms with E-state index in [1.54, 1.807) is 18.9 Å². The number of phenolic OH excluding ortho intramolecular Hbond substituents is 1. The van der Waals surface area contributed by atoms with Gasteiger partial charge in [-0.25, -0.2) is 0 Å². The predicted octanol–water partition coefficient (Wildman–Crippen LogP) is 9.46. The number of aliphatic hydroxyl groups excluding tert-OH is 1. The van der Waals surface area contributed by atoms with Gasteiger partial charge in [0, 0.05) is 15.7 Å². The summed E-state index contributed by atoms with van der Waals surface area (Å²) in [5.74, 6) is 1.08. The highest BCUT2D eigenvalue weighted by Crippen LogP contribution is 2.62. The topological polar surface area (TPSA) is 49.7 Å². The number of fused-ring (bicyclic) bond motifs is 7. The standard InChI is InChI=1S/C36H40O3S/c1-6-35(7-2)13-15-36(16-14-35)28-17-24(21-37)11-12-25(28)33-27-19-32(40-34-22(3)9-8-10-23(34)4)31(39-5)18-26(27)30(38)20-29(33)36/h8-12,17-20,37-38H,6-7,13-16,21H2,1-5H3. The lowest BCUT2D eigenvalue weighted by Crippen LogP contribution is -2.36. The van der Waals surface area contributed by atoms with Gasteiger partial charge in [-0.05, 0) is 107 Å². The Balaban J connectivity index is 1.60. The van der Waals surface area contributed by atoms with E-state index < -0.39 is 0 Å². The van der Waals surface area contributed by atoms with Gasteiger partial charge < -0.3 is 14.9 Å². The molecule has 0 saturated heterocycles. The second-order valence-corrected chi connectivity index (χ2v) is 13.1. The van der Waals surface area contributed by atoms with E-state index in [2.05, 4.69) is 70.2 Å². The van der Waals surface area contributed by atoms with E-state index in [1.165, 1.54) is 64.0 Å².